The second-order valence-corrected chi connectivity index (χ2v) is 8.83. The van der Waals surface area contributed by atoms with Crippen LogP contribution in [-0.2, 0) is 19.6 Å². The van der Waals surface area contributed by atoms with Gasteiger partial charge in [0.15, 0.2) is 11.5 Å². The topological polar surface area (TPSA) is 59.2 Å². The lowest BCUT2D eigenvalue weighted by molar-refractivity contribution is 0.279. The number of benzene rings is 3. The Morgan fingerprint density at radius 1 is 1.12 bits per heavy atom. The van der Waals surface area contributed by atoms with Crippen molar-refractivity contribution in [3.8, 4) is 11.5 Å². The number of aromatic nitrogens is 2. The van der Waals surface area contributed by atoms with Crippen molar-refractivity contribution in [3.63, 3.8) is 0 Å². The van der Waals surface area contributed by atoms with Crippen LogP contribution in [0, 0.1) is 5.82 Å². The molecule has 0 atom stereocenters. The van der Waals surface area contributed by atoms with Crippen LogP contribution in [0.5, 0.6) is 11.5 Å². The van der Waals surface area contributed by atoms with Crippen LogP contribution in [-0.4, -0.2) is 23.6 Å². The molecule has 2 N–H and O–H groups in total. The van der Waals surface area contributed by atoms with E-state index in [1.165, 1.54) is 6.07 Å². The molecule has 0 radical (unpaired) electrons. The monoisotopic (exact) mass is 531 g/mol. The first-order valence-electron chi connectivity index (χ1n) is 10.6. The summed E-state index contributed by atoms with van der Waals surface area (Å²) in [5.74, 6) is 1.68. The minimum Gasteiger partial charge on any atom is -0.493 e. The number of halogens is 3. The molecule has 172 valence electrons. The van der Waals surface area contributed by atoms with Crippen molar-refractivity contribution < 1.29 is 13.9 Å². The first-order valence-corrected chi connectivity index (χ1v) is 11.8. The molecule has 0 amide bonds. The Morgan fingerprint density at radius 3 is 2.76 bits per heavy atom. The van der Waals surface area contributed by atoms with Crippen molar-refractivity contribution in [1.29, 1.82) is 0 Å². The highest BCUT2D eigenvalue weighted by Crippen LogP contribution is 2.34. The van der Waals surface area contributed by atoms with Gasteiger partial charge in [-0.2, -0.15) is 0 Å². The number of hydrogen-bond acceptors (Lipinski definition) is 4. The average Bonchev–Trinajstić information content (AvgIpc) is 3.22. The molecule has 8 heteroatoms. The fourth-order valence-electron chi connectivity index (χ4n) is 3.53. The quantitative estimate of drug-likeness (QED) is 0.231. The van der Waals surface area contributed by atoms with Crippen LogP contribution in [0.15, 0.2) is 59.1 Å². The molecule has 0 aliphatic rings. The molecule has 0 unspecified atom stereocenters. The number of nitrogens with zero attached hydrogens (tertiary/aromatic N) is 1. The molecule has 4 aromatic rings. The summed E-state index contributed by atoms with van der Waals surface area (Å²) >= 11 is 9.69. The van der Waals surface area contributed by atoms with E-state index in [1.54, 1.807) is 19.2 Å². The van der Waals surface area contributed by atoms with Crippen LogP contribution in [0.25, 0.3) is 11.0 Å². The van der Waals surface area contributed by atoms with E-state index in [9.17, 15) is 4.39 Å². The number of rotatable bonds is 10. The van der Waals surface area contributed by atoms with E-state index in [0.29, 0.717) is 28.6 Å². The number of fused-ring (bicyclic) bond motifs is 1. The van der Waals surface area contributed by atoms with Crippen LogP contribution >= 0.6 is 27.5 Å². The number of aromatic amines is 1. The Bertz CT molecular complexity index is 1190. The van der Waals surface area contributed by atoms with Gasteiger partial charge in [0.05, 0.1) is 23.2 Å². The molecule has 1 aromatic heterocycles. The van der Waals surface area contributed by atoms with Crippen LogP contribution < -0.4 is 14.8 Å². The molecule has 4 rings (SSSR count). The summed E-state index contributed by atoms with van der Waals surface area (Å²) in [6.45, 7) is 1.51. The zero-order valence-corrected chi connectivity index (χ0v) is 20.5. The van der Waals surface area contributed by atoms with Crippen LogP contribution in [0.4, 0.5) is 4.39 Å². The molecule has 33 heavy (non-hydrogen) atoms. The number of para-hydroxylation sites is 2. The second kappa shape index (κ2) is 11.0. The first-order chi connectivity index (χ1) is 16.0. The molecule has 5 nitrogen and oxygen atoms in total. The lowest BCUT2D eigenvalue weighted by Gasteiger charge is -2.15. The zero-order chi connectivity index (χ0) is 23.2. The van der Waals surface area contributed by atoms with Crippen LogP contribution in [0.3, 0.4) is 0 Å². The number of hydrogen-bond donors (Lipinski definition) is 2. The summed E-state index contributed by atoms with van der Waals surface area (Å²) in [5.41, 5.74) is 3.41. The number of aryl methyl sites for hydroxylation is 1. The van der Waals surface area contributed by atoms with Crippen molar-refractivity contribution in [2.24, 2.45) is 0 Å². The Morgan fingerprint density at radius 2 is 1.97 bits per heavy atom. The SMILES string of the molecule is COc1cc(CNCCCc2nc3ccccc3[nH]2)c(Br)cc1OCc1c(F)cccc1Cl. The maximum Gasteiger partial charge on any atom is 0.162 e. The average molecular weight is 533 g/mol. The summed E-state index contributed by atoms with van der Waals surface area (Å²) in [6, 6.07) is 16.4. The smallest absolute Gasteiger partial charge is 0.162 e. The van der Waals surface area contributed by atoms with Crippen LogP contribution in [0.1, 0.15) is 23.4 Å². The minimum absolute atomic E-state index is 0.00763. The molecule has 0 saturated heterocycles. The number of ether oxygens (including phenoxy) is 2. The van der Waals surface area contributed by atoms with Gasteiger partial charge >= 0.3 is 0 Å². The van der Waals surface area contributed by atoms with Crippen molar-refractivity contribution >= 4 is 38.6 Å². The van der Waals surface area contributed by atoms with Crippen molar-refractivity contribution in [2.45, 2.75) is 26.0 Å². The second-order valence-electron chi connectivity index (χ2n) is 7.56. The third-order valence-corrected chi connectivity index (χ3v) is 6.38. The molecule has 1 heterocycles. The number of H-pyrrole nitrogens is 1. The Labute approximate surface area is 205 Å². The molecular weight excluding hydrogens is 509 g/mol. The zero-order valence-electron chi connectivity index (χ0n) is 18.1. The van der Waals surface area contributed by atoms with E-state index in [0.717, 1.165) is 46.3 Å². The maximum atomic E-state index is 14.0. The van der Waals surface area contributed by atoms with E-state index in [1.807, 2.05) is 36.4 Å². The third kappa shape index (κ3) is 5.85. The Balaban J connectivity index is 1.31. The summed E-state index contributed by atoms with van der Waals surface area (Å²) in [5, 5.41) is 3.79. The minimum atomic E-state index is -0.399. The number of imidazole rings is 1. The fourth-order valence-corrected chi connectivity index (χ4v) is 4.21. The molecule has 0 fully saturated rings. The van der Waals surface area contributed by atoms with Gasteiger partial charge in [0.1, 0.15) is 18.2 Å². The standard InChI is InChI=1S/C25H24BrClFN3O2/c1-32-23-12-16(14-29-11-5-10-25-30-21-8-2-3-9-22(21)31-25)18(26)13-24(23)33-15-17-19(27)6-4-7-20(17)28/h2-4,6-9,12-13,29H,5,10-11,14-15H2,1H3,(H,30,31). The molecule has 0 saturated carbocycles. The molecular formula is C25H24BrClFN3O2. The molecule has 0 spiro atoms. The van der Waals surface area contributed by atoms with E-state index in [4.69, 9.17) is 21.1 Å². The largest absolute Gasteiger partial charge is 0.493 e. The first kappa shape index (κ1) is 23.5. The van der Waals surface area contributed by atoms with Gasteiger partial charge in [0, 0.05) is 23.0 Å². The van der Waals surface area contributed by atoms with Gasteiger partial charge in [-0.15, -0.1) is 0 Å². The highest BCUT2D eigenvalue weighted by molar-refractivity contribution is 9.10. The van der Waals surface area contributed by atoms with Crippen molar-refractivity contribution in [1.82, 2.24) is 15.3 Å². The Kier molecular flexibility index (Phi) is 7.85. The van der Waals surface area contributed by atoms with E-state index < -0.39 is 5.82 Å². The molecule has 0 bridgehead atoms. The lowest BCUT2D eigenvalue weighted by Crippen LogP contribution is -2.16. The summed E-state index contributed by atoms with van der Waals surface area (Å²) in [6.07, 6.45) is 1.83. The molecule has 0 aliphatic carbocycles. The van der Waals surface area contributed by atoms with Gasteiger partial charge < -0.3 is 19.8 Å². The highest BCUT2D eigenvalue weighted by atomic mass is 79.9. The van der Waals surface area contributed by atoms with Gasteiger partial charge in [-0.05, 0) is 54.9 Å². The lowest BCUT2D eigenvalue weighted by atomic mass is 10.2. The normalized spacial score (nSPS) is 11.2. The van der Waals surface area contributed by atoms with Gasteiger partial charge in [-0.1, -0.05) is 45.7 Å². The summed E-state index contributed by atoms with van der Waals surface area (Å²) in [7, 11) is 1.58. The third-order valence-electron chi connectivity index (χ3n) is 5.29. The molecule has 3 aromatic carbocycles. The van der Waals surface area contributed by atoms with Crippen molar-refractivity contribution in [3.05, 3.63) is 86.9 Å². The van der Waals surface area contributed by atoms with E-state index >= 15 is 0 Å². The number of nitrogens with one attached hydrogen (secondary N) is 2. The molecule has 0 aliphatic heterocycles. The maximum absolute atomic E-state index is 14.0. The predicted octanol–water partition coefficient (Wildman–Crippen LogP) is 6.43. The van der Waals surface area contributed by atoms with Gasteiger partial charge in [-0.3, -0.25) is 0 Å². The highest BCUT2D eigenvalue weighted by Gasteiger charge is 2.13. The van der Waals surface area contributed by atoms with E-state index in [2.05, 4.69) is 31.2 Å². The predicted molar refractivity (Wildman–Crippen MR) is 133 cm³/mol. The van der Waals surface area contributed by atoms with Crippen LogP contribution in [0.2, 0.25) is 5.02 Å². The fraction of sp³-hybridized carbons (Fsp3) is 0.240. The number of methoxy groups -OCH3 is 1. The summed E-state index contributed by atoms with van der Waals surface area (Å²) < 4.78 is 26.2. The van der Waals surface area contributed by atoms with Gasteiger partial charge in [-0.25, -0.2) is 9.37 Å². The van der Waals surface area contributed by atoms with Gasteiger partial charge in [0.2, 0.25) is 0 Å². The van der Waals surface area contributed by atoms with Gasteiger partial charge in [0.25, 0.3) is 0 Å². The Hall–Kier alpha value is -2.61. The van der Waals surface area contributed by atoms with Crippen molar-refractivity contribution in [2.75, 3.05) is 13.7 Å². The summed E-state index contributed by atoms with van der Waals surface area (Å²) in [4.78, 5) is 7.97. The van der Waals surface area contributed by atoms with E-state index in [-0.39, 0.29) is 6.61 Å².